The quantitative estimate of drug-likeness (QED) is 0.823. The van der Waals surface area contributed by atoms with Crippen LogP contribution in [0.5, 0.6) is 0 Å². The van der Waals surface area contributed by atoms with Gasteiger partial charge in [-0.25, -0.2) is 0 Å². The van der Waals surface area contributed by atoms with Gasteiger partial charge >= 0.3 is 5.97 Å². The first-order valence-electron chi connectivity index (χ1n) is 6.10. The molecule has 0 radical (unpaired) electrons. The van der Waals surface area contributed by atoms with Crippen molar-refractivity contribution in [3.05, 3.63) is 0 Å². The standard InChI is InChI=1S/C12H21NO3.ClH/c1-9(2)13-7-10(11(14)15)12(8-13)3-5-16-6-4-12;/h9-10H,3-8H2,1-2H3,(H,14,15);1H. The van der Waals surface area contributed by atoms with Gasteiger partial charge in [-0.2, -0.15) is 0 Å². The highest BCUT2D eigenvalue weighted by Crippen LogP contribution is 2.44. The van der Waals surface area contributed by atoms with Crippen LogP contribution in [0.2, 0.25) is 0 Å². The first-order chi connectivity index (χ1) is 7.55. The molecule has 0 aromatic rings. The van der Waals surface area contributed by atoms with Crippen molar-refractivity contribution in [2.75, 3.05) is 26.3 Å². The van der Waals surface area contributed by atoms with E-state index in [0.29, 0.717) is 12.6 Å². The molecule has 100 valence electrons. The Bertz CT molecular complexity index is 277. The summed E-state index contributed by atoms with van der Waals surface area (Å²) in [4.78, 5) is 13.7. The second kappa shape index (κ2) is 5.55. The molecule has 1 spiro atoms. The summed E-state index contributed by atoms with van der Waals surface area (Å²) in [6, 6.07) is 0.434. The van der Waals surface area contributed by atoms with Gasteiger partial charge in [-0.3, -0.25) is 9.69 Å². The third-order valence-corrected chi connectivity index (χ3v) is 4.19. The number of rotatable bonds is 2. The number of carbonyl (C=O) groups is 1. The Morgan fingerprint density at radius 1 is 1.41 bits per heavy atom. The van der Waals surface area contributed by atoms with Crippen LogP contribution < -0.4 is 0 Å². The number of carboxylic acid groups (broad SMARTS) is 1. The molecule has 2 fully saturated rings. The number of aliphatic carboxylic acids is 1. The van der Waals surface area contributed by atoms with Crippen molar-refractivity contribution in [1.29, 1.82) is 0 Å². The molecule has 5 heteroatoms. The van der Waals surface area contributed by atoms with E-state index in [4.69, 9.17) is 4.74 Å². The summed E-state index contributed by atoms with van der Waals surface area (Å²) in [6.45, 7) is 7.33. The monoisotopic (exact) mass is 263 g/mol. The molecule has 4 nitrogen and oxygen atoms in total. The molecule has 0 aromatic heterocycles. The van der Waals surface area contributed by atoms with Gasteiger partial charge in [0.05, 0.1) is 5.92 Å². The summed E-state index contributed by atoms with van der Waals surface area (Å²) in [7, 11) is 0. The summed E-state index contributed by atoms with van der Waals surface area (Å²) >= 11 is 0. The maximum Gasteiger partial charge on any atom is 0.308 e. The molecule has 0 aliphatic carbocycles. The van der Waals surface area contributed by atoms with Gasteiger partial charge in [0.25, 0.3) is 0 Å². The third-order valence-electron chi connectivity index (χ3n) is 4.19. The molecular weight excluding hydrogens is 242 g/mol. The molecule has 0 saturated carbocycles. The zero-order valence-corrected chi connectivity index (χ0v) is 11.3. The molecule has 2 aliphatic rings. The van der Waals surface area contributed by atoms with E-state index in [1.165, 1.54) is 0 Å². The molecule has 2 saturated heterocycles. The van der Waals surface area contributed by atoms with Crippen LogP contribution in [-0.4, -0.2) is 48.3 Å². The number of ether oxygens (including phenoxy) is 1. The highest BCUT2D eigenvalue weighted by Gasteiger charge is 2.51. The number of hydrogen-bond acceptors (Lipinski definition) is 3. The molecule has 1 N–H and O–H groups in total. The van der Waals surface area contributed by atoms with Crippen LogP contribution >= 0.6 is 12.4 Å². The average Bonchev–Trinajstić information content (AvgIpc) is 2.59. The SMILES string of the molecule is CC(C)N1CC(C(=O)O)C2(CCOCC2)C1.Cl. The van der Waals surface area contributed by atoms with Crippen LogP contribution in [0.3, 0.4) is 0 Å². The lowest BCUT2D eigenvalue weighted by Gasteiger charge is -2.36. The fourth-order valence-corrected chi connectivity index (χ4v) is 3.03. The minimum absolute atomic E-state index is 0. The fraction of sp³-hybridized carbons (Fsp3) is 0.917. The summed E-state index contributed by atoms with van der Waals surface area (Å²) in [5.41, 5.74) is -0.0334. The molecule has 2 heterocycles. The summed E-state index contributed by atoms with van der Waals surface area (Å²) in [5, 5.41) is 9.36. The topological polar surface area (TPSA) is 49.8 Å². The van der Waals surface area contributed by atoms with Crippen LogP contribution in [0.25, 0.3) is 0 Å². The van der Waals surface area contributed by atoms with E-state index >= 15 is 0 Å². The van der Waals surface area contributed by atoms with Gasteiger partial charge in [0.2, 0.25) is 0 Å². The highest BCUT2D eigenvalue weighted by molar-refractivity contribution is 5.85. The first kappa shape index (κ1) is 14.7. The predicted octanol–water partition coefficient (Wildman–Crippen LogP) is 1.63. The molecule has 1 atom stereocenters. The van der Waals surface area contributed by atoms with Gasteiger partial charge in [0.15, 0.2) is 0 Å². The van der Waals surface area contributed by atoms with Crippen LogP contribution in [0.1, 0.15) is 26.7 Å². The molecule has 1 unspecified atom stereocenters. The molecule has 2 aliphatic heterocycles. The maximum absolute atomic E-state index is 11.4. The Balaban J connectivity index is 0.00000144. The van der Waals surface area contributed by atoms with Gasteiger partial charge in [-0.05, 0) is 26.7 Å². The van der Waals surface area contributed by atoms with Crippen molar-refractivity contribution in [2.45, 2.75) is 32.7 Å². The van der Waals surface area contributed by atoms with Crippen molar-refractivity contribution >= 4 is 18.4 Å². The maximum atomic E-state index is 11.4. The van der Waals surface area contributed by atoms with E-state index in [1.807, 2.05) is 0 Å². The second-order valence-electron chi connectivity index (χ2n) is 5.39. The van der Waals surface area contributed by atoms with Gasteiger partial charge in [0, 0.05) is 37.8 Å². The van der Waals surface area contributed by atoms with Crippen LogP contribution in [0.15, 0.2) is 0 Å². The van der Waals surface area contributed by atoms with Crippen molar-refractivity contribution in [3.8, 4) is 0 Å². The second-order valence-corrected chi connectivity index (χ2v) is 5.39. The fourth-order valence-electron chi connectivity index (χ4n) is 3.03. The van der Waals surface area contributed by atoms with E-state index < -0.39 is 5.97 Å². The van der Waals surface area contributed by atoms with Crippen molar-refractivity contribution < 1.29 is 14.6 Å². The van der Waals surface area contributed by atoms with E-state index in [0.717, 1.165) is 32.6 Å². The number of likely N-dealkylation sites (tertiary alicyclic amines) is 1. The molecule has 2 rings (SSSR count). The van der Waals surface area contributed by atoms with E-state index in [2.05, 4.69) is 18.7 Å². The Labute approximate surface area is 109 Å². The van der Waals surface area contributed by atoms with E-state index in [1.54, 1.807) is 0 Å². The number of carboxylic acids is 1. The van der Waals surface area contributed by atoms with E-state index in [-0.39, 0.29) is 23.7 Å². The minimum Gasteiger partial charge on any atom is -0.481 e. The van der Waals surface area contributed by atoms with Crippen LogP contribution in [-0.2, 0) is 9.53 Å². The van der Waals surface area contributed by atoms with Gasteiger partial charge in [-0.15, -0.1) is 12.4 Å². The number of nitrogens with zero attached hydrogens (tertiary/aromatic N) is 1. The van der Waals surface area contributed by atoms with Crippen molar-refractivity contribution in [3.63, 3.8) is 0 Å². The number of halogens is 1. The average molecular weight is 264 g/mol. The Kier molecular flexibility index (Phi) is 4.81. The van der Waals surface area contributed by atoms with Crippen molar-refractivity contribution in [2.24, 2.45) is 11.3 Å². The normalized spacial score (nSPS) is 28.3. The summed E-state index contributed by atoms with van der Waals surface area (Å²) in [6.07, 6.45) is 1.79. The largest absolute Gasteiger partial charge is 0.481 e. The Hall–Kier alpha value is -0.320. The predicted molar refractivity (Wildman–Crippen MR) is 67.6 cm³/mol. The van der Waals surface area contributed by atoms with Crippen LogP contribution in [0, 0.1) is 11.3 Å². The smallest absolute Gasteiger partial charge is 0.308 e. The lowest BCUT2D eigenvalue weighted by molar-refractivity contribution is -0.146. The van der Waals surface area contributed by atoms with Gasteiger partial charge < -0.3 is 9.84 Å². The molecule has 0 aromatic carbocycles. The highest BCUT2D eigenvalue weighted by atomic mass is 35.5. The van der Waals surface area contributed by atoms with Crippen molar-refractivity contribution in [1.82, 2.24) is 4.90 Å². The summed E-state index contributed by atoms with van der Waals surface area (Å²) < 4.78 is 5.37. The Morgan fingerprint density at radius 3 is 2.47 bits per heavy atom. The molecular formula is C12H22ClNO3. The lowest BCUT2D eigenvalue weighted by Crippen LogP contribution is -2.40. The van der Waals surface area contributed by atoms with Gasteiger partial charge in [-0.1, -0.05) is 0 Å². The molecule has 17 heavy (non-hydrogen) atoms. The Morgan fingerprint density at radius 2 is 2.00 bits per heavy atom. The lowest BCUT2D eigenvalue weighted by atomic mass is 9.72. The number of hydrogen-bond donors (Lipinski definition) is 1. The molecule has 0 amide bonds. The zero-order valence-electron chi connectivity index (χ0n) is 10.5. The van der Waals surface area contributed by atoms with E-state index in [9.17, 15) is 9.90 Å². The molecule has 0 bridgehead atoms. The third kappa shape index (κ3) is 2.75. The minimum atomic E-state index is -0.634. The van der Waals surface area contributed by atoms with Crippen LogP contribution in [0.4, 0.5) is 0 Å². The zero-order chi connectivity index (χ0) is 11.8. The summed E-state index contributed by atoms with van der Waals surface area (Å²) in [5.74, 6) is -0.844. The van der Waals surface area contributed by atoms with Gasteiger partial charge in [0.1, 0.15) is 0 Å². The first-order valence-corrected chi connectivity index (χ1v) is 6.10.